The van der Waals surface area contributed by atoms with Crippen LogP contribution in [0.3, 0.4) is 0 Å². The van der Waals surface area contributed by atoms with Crippen LogP contribution in [0.1, 0.15) is 149 Å². The van der Waals surface area contributed by atoms with Crippen LogP contribution < -0.4 is 0 Å². The second-order valence-corrected chi connectivity index (χ2v) is 14.9. The molecule has 0 aliphatic heterocycles. The molecule has 0 radical (unpaired) electrons. The van der Waals surface area contributed by atoms with Gasteiger partial charge in [-0.25, -0.2) is 4.79 Å². The molecule has 2 atom stereocenters. The number of esters is 2. The van der Waals surface area contributed by atoms with Gasteiger partial charge in [-0.05, 0) is 70.6 Å². The number of hydrogen-bond donors (Lipinski definition) is 1. The number of carboxylic acids is 1. The van der Waals surface area contributed by atoms with Crippen LogP contribution in [0.15, 0.2) is 72.9 Å². The Hall–Kier alpha value is -3.23. The number of carbonyl (C=O) groups excluding carboxylic acids is 2. The van der Waals surface area contributed by atoms with E-state index in [4.69, 9.17) is 14.2 Å². The number of carboxylic acid groups (broad SMARTS) is 1. The zero-order valence-electron chi connectivity index (χ0n) is 34.9. The van der Waals surface area contributed by atoms with Gasteiger partial charge in [0.25, 0.3) is 0 Å². The Labute approximate surface area is 330 Å². The first-order valence-electron chi connectivity index (χ1n) is 21.0. The smallest absolute Gasteiger partial charge is 0.362 e. The van der Waals surface area contributed by atoms with E-state index in [-0.39, 0.29) is 36.7 Å². The summed E-state index contributed by atoms with van der Waals surface area (Å²) in [6.07, 6.45) is 45.3. The van der Waals surface area contributed by atoms with Gasteiger partial charge < -0.3 is 23.8 Å². The van der Waals surface area contributed by atoms with Crippen molar-refractivity contribution in [2.24, 2.45) is 0 Å². The monoisotopic (exact) mass is 757 g/mol. The van der Waals surface area contributed by atoms with Gasteiger partial charge in [0, 0.05) is 19.3 Å². The van der Waals surface area contributed by atoms with Crippen LogP contribution in [0, 0.1) is 0 Å². The number of likely N-dealkylation sites (N-methyl/N-ethyl adjacent to an activating group) is 1. The minimum absolute atomic E-state index is 0.0232. The molecule has 0 aromatic heterocycles. The van der Waals surface area contributed by atoms with Crippen molar-refractivity contribution in [2.75, 3.05) is 41.0 Å². The minimum atomic E-state index is -0.891. The van der Waals surface area contributed by atoms with Gasteiger partial charge in [-0.2, -0.15) is 0 Å². The fourth-order valence-electron chi connectivity index (χ4n) is 5.60. The summed E-state index contributed by atoms with van der Waals surface area (Å²) >= 11 is 0. The molecule has 0 aromatic carbocycles. The topological polar surface area (TPSA) is 99.1 Å². The number of carbonyl (C=O) groups is 3. The first kappa shape index (κ1) is 50.8. The molecule has 0 rings (SSSR count). The summed E-state index contributed by atoms with van der Waals surface area (Å²) in [6, 6.07) is -0.632. The Morgan fingerprint density at radius 2 is 1.07 bits per heavy atom. The molecule has 308 valence electrons. The summed E-state index contributed by atoms with van der Waals surface area (Å²) in [5.74, 6) is -1.60. The summed E-state index contributed by atoms with van der Waals surface area (Å²) in [4.78, 5) is 36.9. The Kier molecular flexibility index (Phi) is 34.5. The minimum Gasteiger partial charge on any atom is -0.477 e. The number of unbranched alkanes of at least 4 members (excludes halogenated alkanes) is 10. The van der Waals surface area contributed by atoms with Gasteiger partial charge >= 0.3 is 17.9 Å². The summed E-state index contributed by atoms with van der Waals surface area (Å²) in [6.45, 7) is 4.50. The third-order valence-electron chi connectivity index (χ3n) is 8.85. The van der Waals surface area contributed by atoms with Crippen LogP contribution in [0.2, 0.25) is 0 Å². The van der Waals surface area contributed by atoms with E-state index in [9.17, 15) is 19.5 Å². The summed E-state index contributed by atoms with van der Waals surface area (Å²) in [5, 5.41) is 9.60. The van der Waals surface area contributed by atoms with Crippen molar-refractivity contribution in [1.29, 1.82) is 0 Å². The van der Waals surface area contributed by atoms with Crippen LogP contribution in [-0.4, -0.2) is 80.6 Å². The predicted octanol–water partition coefficient (Wildman–Crippen LogP) is 11.2. The standard InChI is InChI=1S/C46H77NO7/c1-6-8-10-12-14-16-18-20-22-23-25-27-29-31-33-35-37-45(49)54-42(40-52-39-38-43(46(50)51)47(3,4)5)41-53-44(48)36-34-32-30-28-26-24-21-19-17-15-13-11-9-7-2/h8,10,14,16,20,22,24-27,31,33,42-43H,6-7,9,11-13,15,17-19,21,23,28-30,32,34-41H2,1-5H3/p+1/b10-8+,16-14+,22-20+,26-24+,27-25+,33-31+. The average molecular weight is 757 g/mol. The molecule has 0 saturated heterocycles. The summed E-state index contributed by atoms with van der Waals surface area (Å²) in [5.41, 5.74) is 0. The lowest BCUT2D eigenvalue weighted by atomic mass is 10.1. The van der Waals surface area contributed by atoms with E-state index in [0.29, 0.717) is 19.3 Å². The zero-order chi connectivity index (χ0) is 40.0. The molecular weight excluding hydrogens is 679 g/mol. The molecule has 54 heavy (non-hydrogen) atoms. The van der Waals surface area contributed by atoms with Crippen molar-refractivity contribution in [3.63, 3.8) is 0 Å². The van der Waals surface area contributed by atoms with Crippen molar-refractivity contribution < 1.29 is 38.2 Å². The largest absolute Gasteiger partial charge is 0.477 e. The van der Waals surface area contributed by atoms with Crippen LogP contribution in [-0.2, 0) is 28.6 Å². The van der Waals surface area contributed by atoms with Crippen LogP contribution in [0.4, 0.5) is 0 Å². The number of hydrogen-bond acceptors (Lipinski definition) is 6. The van der Waals surface area contributed by atoms with E-state index < -0.39 is 24.1 Å². The molecule has 8 heteroatoms. The number of ether oxygens (including phenoxy) is 3. The molecule has 0 aliphatic carbocycles. The van der Waals surface area contributed by atoms with E-state index in [1.807, 2.05) is 33.3 Å². The fraction of sp³-hybridized carbons (Fsp3) is 0.674. The van der Waals surface area contributed by atoms with Crippen molar-refractivity contribution >= 4 is 17.9 Å². The number of allylic oxidation sites excluding steroid dienone is 12. The van der Waals surface area contributed by atoms with Crippen LogP contribution in [0.5, 0.6) is 0 Å². The van der Waals surface area contributed by atoms with Gasteiger partial charge in [0.05, 0.1) is 34.4 Å². The van der Waals surface area contributed by atoms with Gasteiger partial charge in [-0.1, -0.05) is 132 Å². The lowest BCUT2D eigenvalue weighted by Crippen LogP contribution is -2.50. The maximum atomic E-state index is 12.7. The van der Waals surface area contributed by atoms with E-state index in [1.54, 1.807) is 0 Å². The second kappa shape index (κ2) is 36.7. The SMILES string of the molecule is CC/C=C/C/C=C/C/C=C/C/C=C/C/C=C/CCC(=O)OC(COCCC(C(=O)O)[N+](C)(C)C)COC(=O)CCCCC/C=C/CCCCCCCCC. The maximum absolute atomic E-state index is 12.7. The molecule has 0 heterocycles. The van der Waals surface area contributed by atoms with E-state index in [0.717, 1.165) is 64.2 Å². The van der Waals surface area contributed by atoms with Crippen LogP contribution >= 0.6 is 0 Å². The third-order valence-corrected chi connectivity index (χ3v) is 8.85. The molecular formula is C46H78NO7+. The average Bonchev–Trinajstić information content (AvgIpc) is 3.12. The normalized spacial score (nSPS) is 13.7. The van der Waals surface area contributed by atoms with Crippen LogP contribution in [0.25, 0.3) is 0 Å². The van der Waals surface area contributed by atoms with Gasteiger partial charge in [-0.3, -0.25) is 9.59 Å². The van der Waals surface area contributed by atoms with E-state index in [2.05, 4.69) is 74.6 Å². The van der Waals surface area contributed by atoms with Crippen molar-refractivity contribution in [3.8, 4) is 0 Å². The Balaban J connectivity index is 4.54. The van der Waals surface area contributed by atoms with Crippen molar-refractivity contribution in [3.05, 3.63) is 72.9 Å². The van der Waals surface area contributed by atoms with Crippen molar-refractivity contribution in [1.82, 2.24) is 0 Å². The molecule has 0 aliphatic rings. The summed E-state index contributed by atoms with van der Waals surface area (Å²) < 4.78 is 17.1. The quantitative estimate of drug-likeness (QED) is 0.0294. The number of nitrogens with zero attached hydrogens (tertiary/aromatic N) is 1. The van der Waals surface area contributed by atoms with Gasteiger partial charge in [0.2, 0.25) is 0 Å². The molecule has 8 nitrogen and oxygen atoms in total. The van der Waals surface area contributed by atoms with E-state index in [1.165, 1.54) is 44.9 Å². The molecule has 0 spiro atoms. The Morgan fingerprint density at radius 3 is 1.61 bits per heavy atom. The summed E-state index contributed by atoms with van der Waals surface area (Å²) in [7, 11) is 5.48. The number of rotatable bonds is 36. The lowest BCUT2D eigenvalue weighted by Gasteiger charge is -2.31. The molecule has 1 N–H and O–H groups in total. The van der Waals surface area contributed by atoms with Crippen molar-refractivity contribution in [2.45, 2.75) is 161 Å². The van der Waals surface area contributed by atoms with Gasteiger partial charge in [-0.15, -0.1) is 0 Å². The number of quaternary nitrogens is 1. The molecule has 0 fully saturated rings. The predicted molar refractivity (Wildman–Crippen MR) is 224 cm³/mol. The highest BCUT2D eigenvalue weighted by molar-refractivity contribution is 5.72. The first-order valence-corrected chi connectivity index (χ1v) is 21.0. The highest BCUT2D eigenvalue weighted by Gasteiger charge is 2.31. The Bertz CT molecular complexity index is 1110. The second-order valence-electron chi connectivity index (χ2n) is 14.9. The van der Waals surface area contributed by atoms with Gasteiger partial charge in [0.15, 0.2) is 12.1 Å². The maximum Gasteiger partial charge on any atom is 0.362 e. The van der Waals surface area contributed by atoms with Gasteiger partial charge in [0.1, 0.15) is 6.61 Å². The molecule has 0 aromatic rings. The number of aliphatic carboxylic acids is 1. The highest BCUT2D eigenvalue weighted by Crippen LogP contribution is 2.12. The fourth-order valence-corrected chi connectivity index (χ4v) is 5.60. The first-order chi connectivity index (χ1) is 26.1. The third kappa shape index (κ3) is 34.5. The zero-order valence-corrected chi connectivity index (χ0v) is 34.9. The van der Waals surface area contributed by atoms with E-state index >= 15 is 0 Å². The Morgan fingerprint density at radius 1 is 0.574 bits per heavy atom. The highest BCUT2D eigenvalue weighted by atomic mass is 16.6. The molecule has 0 amide bonds. The molecule has 0 saturated carbocycles. The lowest BCUT2D eigenvalue weighted by molar-refractivity contribution is -0.887. The molecule has 0 bridgehead atoms. The molecule has 2 unspecified atom stereocenters.